The third kappa shape index (κ3) is 4.19. The predicted molar refractivity (Wildman–Crippen MR) is 124 cm³/mol. The largest absolute Gasteiger partial charge is 0.342 e. The van der Waals surface area contributed by atoms with E-state index in [1.165, 1.54) is 0 Å². The van der Waals surface area contributed by atoms with Crippen LogP contribution < -0.4 is 0 Å². The quantitative estimate of drug-likeness (QED) is 0.476. The topological polar surface area (TPSA) is 84.2 Å². The summed E-state index contributed by atoms with van der Waals surface area (Å²) in [5.41, 5.74) is 4.64. The van der Waals surface area contributed by atoms with Gasteiger partial charge in [0.25, 0.3) is 0 Å². The van der Waals surface area contributed by atoms with Gasteiger partial charge in [-0.2, -0.15) is 0 Å². The molecule has 8 nitrogen and oxygen atoms in total. The number of para-hydroxylation sites is 1. The second kappa shape index (κ2) is 8.82. The zero-order chi connectivity index (χ0) is 22.8. The number of pyridine rings is 1. The van der Waals surface area contributed by atoms with Crippen molar-refractivity contribution in [1.29, 1.82) is 0 Å². The van der Waals surface area contributed by atoms with E-state index >= 15 is 0 Å². The van der Waals surface area contributed by atoms with E-state index in [9.17, 15) is 9.59 Å². The van der Waals surface area contributed by atoms with Crippen molar-refractivity contribution in [3.8, 4) is 11.1 Å². The molecule has 1 atom stereocenters. The highest BCUT2D eigenvalue weighted by Crippen LogP contribution is 2.22. The molecule has 2 aromatic heterocycles. The molecular weight excluding hydrogens is 416 g/mol. The zero-order valence-corrected chi connectivity index (χ0v) is 18.3. The Morgan fingerprint density at radius 3 is 2.61 bits per heavy atom. The lowest BCUT2D eigenvalue weighted by Crippen LogP contribution is -2.59. The fraction of sp³-hybridized carbons (Fsp3) is 0.240. The van der Waals surface area contributed by atoms with Crippen molar-refractivity contribution >= 4 is 22.8 Å². The normalized spacial score (nSPS) is 16.4. The van der Waals surface area contributed by atoms with Crippen molar-refractivity contribution in [1.82, 2.24) is 29.8 Å². The Labute approximate surface area is 191 Å². The number of nitrogens with zero attached hydrogens (tertiary/aromatic N) is 6. The van der Waals surface area contributed by atoms with Gasteiger partial charge < -0.3 is 9.80 Å². The first-order valence-electron chi connectivity index (χ1n) is 10.9. The molecule has 3 heterocycles. The van der Waals surface area contributed by atoms with Crippen LogP contribution in [0.5, 0.6) is 0 Å². The molecule has 1 aliphatic rings. The Hall–Kier alpha value is -4.07. The highest BCUT2D eigenvalue weighted by Gasteiger charge is 2.36. The number of aromatic nitrogens is 4. The first kappa shape index (κ1) is 20.8. The Balaban J connectivity index is 1.35. The van der Waals surface area contributed by atoms with Gasteiger partial charge in [0.05, 0.1) is 5.52 Å². The molecule has 0 N–H and O–H groups in total. The van der Waals surface area contributed by atoms with Crippen LogP contribution in [-0.4, -0.2) is 67.8 Å². The molecule has 0 aliphatic carbocycles. The number of rotatable bonds is 5. The predicted octanol–water partition coefficient (Wildman–Crippen LogP) is 2.41. The van der Waals surface area contributed by atoms with Crippen molar-refractivity contribution in [3.05, 3.63) is 78.6 Å². The van der Waals surface area contributed by atoms with E-state index in [1.54, 1.807) is 27.7 Å². The maximum Gasteiger partial charge on any atom is 0.245 e. The summed E-state index contributed by atoms with van der Waals surface area (Å²) in [5, 5.41) is 8.26. The standard InChI is InChI=1S/C25H24N6O2/c1-29-13-14-30(24(32)17-31-22-7-3-2-6-21(22)27-28-31)23(25(29)33)15-18-8-10-19(11-9-18)20-5-4-12-26-16-20/h2-12,16,23H,13-15,17H2,1H3. The first-order chi connectivity index (χ1) is 16.1. The van der Waals surface area contributed by atoms with Crippen LogP contribution in [0.3, 0.4) is 0 Å². The molecule has 4 aromatic rings. The summed E-state index contributed by atoms with van der Waals surface area (Å²) in [6.07, 6.45) is 4.03. The first-order valence-corrected chi connectivity index (χ1v) is 10.9. The summed E-state index contributed by atoms with van der Waals surface area (Å²) in [4.78, 5) is 33.9. The number of likely N-dealkylation sites (N-methyl/N-ethyl adjacent to an activating group) is 1. The second-order valence-electron chi connectivity index (χ2n) is 8.24. The SMILES string of the molecule is CN1CCN(C(=O)Cn2nnc3ccccc32)C(Cc2ccc(-c3cccnc3)cc2)C1=O. The number of piperazine rings is 1. The van der Waals surface area contributed by atoms with E-state index in [0.29, 0.717) is 19.5 Å². The lowest BCUT2D eigenvalue weighted by molar-refractivity contribution is -0.150. The van der Waals surface area contributed by atoms with E-state index in [1.807, 2.05) is 66.9 Å². The molecule has 0 saturated carbocycles. The second-order valence-corrected chi connectivity index (χ2v) is 8.24. The van der Waals surface area contributed by atoms with Crippen LogP contribution in [0.1, 0.15) is 5.56 Å². The minimum absolute atomic E-state index is 0.0469. The molecule has 2 aromatic carbocycles. The highest BCUT2D eigenvalue weighted by atomic mass is 16.2. The number of fused-ring (bicyclic) bond motifs is 1. The monoisotopic (exact) mass is 440 g/mol. The van der Waals surface area contributed by atoms with Crippen LogP contribution in [0.4, 0.5) is 0 Å². The molecule has 166 valence electrons. The fourth-order valence-corrected chi connectivity index (χ4v) is 4.25. The molecule has 1 fully saturated rings. The Morgan fingerprint density at radius 2 is 1.82 bits per heavy atom. The summed E-state index contributed by atoms with van der Waals surface area (Å²) in [7, 11) is 1.79. The van der Waals surface area contributed by atoms with Gasteiger partial charge in [0.1, 0.15) is 18.1 Å². The third-order valence-electron chi connectivity index (χ3n) is 6.12. The van der Waals surface area contributed by atoms with Crippen molar-refractivity contribution in [3.63, 3.8) is 0 Å². The van der Waals surface area contributed by atoms with Gasteiger partial charge in [0.15, 0.2) is 0 Å². The van der Waals surface area contributed by atoms with Crippen LogP contribution in [-0.2, 0) is 22.6 Å². The molecule has 33 heavy (non-hydrogen) atoms. The number of hydrogen-bond acceptors (Lipinski definition) is 5. The summed E-state index contributed by atoms with van der Waals surface area (Å²) in [5.74, 6) is -0.182. The third-order valence-corrected chi connectivity index (χ3v) is 6.12. The Bertz CT molecular complexity index is 1290. The minimum atomic E-state index is -0.546. The van der Waals surface area contributed by atoms with Gasteiger partial charge in [-0.3, -0.25) is 14.6 Å². The minimum Gasteiger partial charge on any atom is -0.342 e. The van der Waals surface area contributed by atoms with E-state index < -0.39 is 6.04 Å². The van der Waals surface area contributed by atoms with Crippen LogP contribution in [0.15, 0.2) is 73.1 Å². The van der Waals surface area contributed by atoms with Gasteiger partial charge in [-0.15, -0.1) is 5.10 Å². The smallest absolute Gasteiger partial charge is 0.245 e. The van der Waals surface area contributed by atoms with Crippen LogP contribution in [0, 0.1) is 0 Å². The van der Waals surface area contributed by atoms with Crippen LogP contribution >= 0.6 is 0 Å². The Morgan fingerprint density at radius 1 is 1.00 bits per heavy atom. The number of carbonyl (C=O) groups is 2. The molecule has 1 saturated heterocycles. The molecule has 1 aliphatic heterocycles. The lowest BCUT2D eigenvalue weighted by atomic mass is 9.98. The number of benzene rings is 2. The van der Waals surface area contributed by atoms with Gasteiger partial charge in [0, 0.05) is 39.0 Å². The maximum atomic E-state index is 13.3. The van der Waals surface area contributed by atoms with Gasteiger partial charge in [-0.05, 0) is 34.9 Å². The molecular formula is C25H24N6O2. The van der Waals surface area contributed by atoms with Crippen molar-refractivity contribution in [2.75, 3.05) is 20.1 Å². The van der Waals surface area contributed by atoms with E-state index in [2.05, 4.69) is 15.3 Å². The van der Waals surface area contributed by atoms with E-state index in [0.717, 1.165) is 27.7 Å². The van der Waals surface area contributed by atoms with Gasteiger partial charge >= 0.3 is 0 Å². The molecule has 0 bridgehead atoms. The number of carbonyl (C=O) groups excluding carboxylic acids is 2. The molecule has 8 heteroatoms. The van der Waals surface area contributed by atoms with Crippen LogP contribution in [0.2, 0.25) is 0 Å². The van der Waals surface area contributed by atoms with Crippen molar-refractivity contribution < 1.29 is 9.59 Å². The molecule has 0 radical (unpaired) electrons. The maximum absolute atomic E-state index is 13.3. The zero-order valence-electron chi connectivity index (χ0n) is 18.3. The summed E-state index contributed by atoms with van der Waals surface area (Å²) < 4.78 is 1.60. The summed E-state index contributed by atoms with van der Waals surface area (Å²) >= 11 is 0. The van der Waals surface area contributed by atoms with Crippen molar-refractivity contribution in [2.24, 2.45) is 0 Å². The van der Waals surface area contributed by atoms with Crippen molar-refractivity contribution in [2.45, 2.75) is 19.0 Å². The number of amides is 2. The van der Waals surface area contributed by atoms with E-state index in [4.69, 9.17) is 0 Å². The number of hydrogen-bond donors (Lipinski definition) is 0. The Kier molecular flexibility index (Phi) is 5.56. The van der Waals surface area contributed by atoms with Gasteiger partial charge in [0.2, 0.25) is 11.8 Å². The highest BCUT2D eigenvalue weighted by molar-refractivity contribution is 5.89. The summed E-state index contributed by atoms with van der Waals surface area (Å²) in [6.45, 7) is 1.05. The van der Waals surface area contributed by atoms with Gasteiger partial charge in [-0.1, -0.05) is 47.7 Å². The summed E-state index contributed by atoms with van der Waals surface area (Å²) in [6, 6.07) is 19.0. The average Bonchev–Trinajstić information content (AvgIpc) is 3.26. The molecule has 1 unspecified atom stereocenters. The lowest BCUT2D eigenvalue weighted by Gasteiger charge is -2.39. The van der Waals surface area contributed by atoms with E-state index in [-0.39, 0.29) is 18.4 Å². The average molecular weight is 441 g/mol. The molecule has 2 amide bonds. The van der Waals surface area contributed by atoms with Crippen LogP contribution in [0.25, 0.3) is 22.2 Å². The van der Waals surface area contributed by atoms with Gasteiger partial charge in [-0.25, -0.2) is 4.68 Å². The molecule has 0 spiro atoms. The molecule has 5 rings (SSSR count). The fourth-order valence-electron chi connectivity index (χ4n) is 4.25.